The van der Waals surface area contributed by atoms with Crippen molar-refractivity contribution in [2.45, 2.75) is 27.2 Å². The van der Waals surface area contributed by atoms with Gasteiger partial charge in [0.05, 0.1) is 23.2 Å². The summed E-state index contributed by atoms with van der Waals surface area (Å²) in [6.45, 7) is 5.87. The number of benzene rings is 1. The van der Waals surface area contributed by atoms with Gasteiger partial charge in [0.1, 0.15) is 5.82 Å². The molecular formula is C13H15F2NO4. The highest BCUT2D eigenvalue weighted by molar-refractivity contribution is 5.90. The normalized spacial score (nSPS) is 11.2. The van der Waals surface area contributed by atoms with Crippen molar-refractivity contribution < 1.29 is 23.2 Å². The predicted molar refractivity (Wildman–Crippen MR) is 67.4 cm³/mol. The molecule has 1 aromatic rings. The highest BCUT2D eigenvalue weighted by Gasteiger charge is 2.23. The molecule has 0 unspecified atom stereocenters. The minimum absolute atomic E-state index is 0.0559. The minimum Gasteiger partial charge on any atom is -0.462 e. The third kappa shape index (κ3) is 4.25. The molecule has 0 bridgehead atoms. The summed E-state index contributed by atoms with van der Waals surface area (Å²) in [7, 11) is 0. The monoisotopic (exact) mass is 287 g/mol. The Morgan fingerprint density at radius 3 is 2.40 bits per heavy atom. The van der Waals surface area contributed by atoms with E-state index < -0.39 is 33.8 Å². The molecule has 0 fully saturated rings. The first-order chi connectivity index (χ1) is 9.11. The van der Waals surface area contributed by atoms with Crippen LogP contribution >= 0.6 is 0 Å². The highest BCUT2D eigenvalue weighted by atomic mass is 19.1. The number of ether oxygens (including phenoxy) is 1. The molecule has 20 heavy (non-hydrogen) atoms. The summed E-state index contributed by atoms with van der Waals surface area (Å²) in [5, 5.41) is 10.4. The lowest BCUT2D eigenvalue weighted by Crippen LogP contribution is -2.14. The molecule has 0 amide bonds. The second kappa shape index (κ2) is 5.94. The second-order valence-electron chi connectivity index (χ2n) is 5.49. The molecule has 0 heterocycles. The van der Waals surface area contributed by atoms with Crippen LogP contribution in [0.1, 0.15) is 37.6 Å². The van der Waals surface area contributed by atoms with Crippen molar-refractivity contribution in [1.29, 1.82) is 0 Å². The molecule has 0 aliphatic rings. The smallest absolute Gasteiger partial charge is 0.341 e. The first-order valence-corrected chi connectivity index (χ1v) is 5.92. The van der Waals surface area contributed by atoms with E-state index in [9.17, 15) is 23.7 Å². The van der Waals surface area contributed by atoms with Crippen LogP contribution in [0.25, 0.3) is 0 Å². The van der Waals surface area contributed by atoms with Crippen LogP contribution in [-0.2, 0) is 4.74 Å². The number of nitro groups is 1. The lowest BCUT2D eigenvalue weighted by Gasteiger charge is -2.17. The molecule has 0 aliphatic heterocycles. The SMILES string of the molecule is CC(C)(C)CCOC(=O)c1cc(F)c([N+](=O)[O-])cc1F. The van der Waals surface area contributed by atoms with Crippen LogP contribution in [0.4, 0.5) is 14.5 Å². The molecule has 0 saturated heterocycles. The Bertz CT molecular complexity index is 538. The molecular weight excluding hydrogens is 272 g/mol. The quantitative estimate of drug-likeness (QED) is 0.483. The van der Waals surface area contributed by atoms with Crippen LogP contribution in [0.5, 0.6) is 0 Å². The zero-order chi connectivity index (χ0) is 15.5. The third-order valence-corrected chi connectivity index (χ3v) is 2.54. The number of carbonyl (C=O) groups is 1. The Morgan fingerprint density at radius 2 is 1.90 bits per heavy atom. The Morgan fingerprint density at radius 1 is 1.30 bits per heavy atom. The van der Waals surface area contributed by atoms with E-state index in [4.69, 9.17) is 4.74 Å². The fraction of sp³-hybridized carbons (Fsp3) is 0.462. The summed E-state index contributed by atoms with van der Waals surface area (Å²) in [4.78, 5) is 20.9. The van der Waals surface area contributed by atoms with Crippen molar-refractivity contribution in [3.8, 4) is 0 Å². The number of nitrogens with zero attached hydrogens (tertiary/aromatic N) is 1. The van der Waals surface area contributed by atoms with Gasteiger partial charge in [-0.15, -0.1) is 0 Å². The molecule has 1 rings (SSSR count). The lowest BCUT2D eigenvalue weighted by molar-refractivity contribution is -0.387. The molecule has 0 saturated carbocycles. The maximum Gasteiger partial charge on any atom is 0.341 e. The molecule has 7 heteroatoms. The van der Waals surface area contributed by atoms with Crippen molar-refractivity contribution in [2.24, 2.45) is 5.41 Å². The van der Waals surface area contributed by atoms with E-state index in [1.54, 1.807) is 0 Å². The zero-order valence-electron chi connectivity index (χ0n) is 11.4. The first-order valence-electron chi connectivity index (χ1n) is 5.92. The van der Waals surface area contributed by atoms with Crippen LogP contribution in [-0.4, -0.2) is 17.5 Å². The topological polar surface area (TPSA) is 69.4 Å². The van der Waals surface area contributed by atoms with Crippen molar-refractivity contribution in [1.82, 2.24) is 0 Å². The number of esters is 1. The van der Waals surface area contributed by atoms with Gasteiger partial charge in [0, 0.05) is 0 Å². The van der Waals surface area contributed by atoms with Gasteiger partial charge in [-0.25, -0.2) is 9.18 Å². The van der Waals surface area contributed by atoms with Gasteiger partial charge in [0.2, 0.25) is 5.82 Å². The van der Waals surface area contributed by atoms with Gasteiger partial charge >= 0.3 is 11.7 Å². The molecule has 0 aromatic heterocycles. The molecule has 110 valence electrons. The van der Waals surface area contributed by atoms with E-state index in [0.717, 1.165) is 0 Å². The molecule has 0 atom stereocenters. The number of nitro benzene ring substituents is 1. The van der Waals surface area contributed by atoms with Gasteiger partial charge in [-0.1, -0.05) is 20.8 Å². The maximum absolute atomic E-state index is 13.5. The summed E-state index contributed by atoms with van der Waals surface area (Å²) in [5.74, 6) is -3.50. The average Bonchev–Trinajstić information content (AvgIpc) is 2.29. The number of hydrogen-bond acceptors (Lipinski definition) is 4. The fourth-order valence-electron chi connectivity index (χ4n) is 1.36. The van der Waals surface area contributed by atoms with Crippen LogP contribution in [0.15, 0.2) is 12.1 Å². The zero-order valence-corrected chi connectivity index (χ0v) is 11.4. The summed E-state index contributed by atoms with van der Waals surface area (Å²) >= 11 is 0. The molecule has 0 spiro atoms. The first kappa shape index (κ1) is 16.0. The highest BCUT2D eigenvalue weighted by Crippen LogP contribution is 2.23. The van der Waals surface area contributed by atoms with Crippen LogP contribution in [0, 0.1) is 27.2 Å². The molecule has 5 nitrogen and oxygen atoms in total. The average molecular weight is 287 g/mol. The van der Waals surface area contributed by atoms with Crippen LogP contribution in [0.3, 0.4) is 0 Å². The third-order valence-electron chi connectivity index (χ3n) is 2.54. The van der Waals surface area contributed by atoms with Gasteiger partial charge in [-0.2, -0.15) is 4.39 Å². The van der Waals surface area contributed by atoms with Gasteiger partial charge in [-0.3, -0.25) is 10.1 Å². The Kier molecular flexibility index (Phi) is 4.75. The Hall–Kier alpha value is -2.05. The molecule has 0 radical (unpaired) electrons. The summed E-state index contributed by atoms with van der Waals surface area (Å²) < 4.78 is 31.7. The van der Waals surface area contributed by atoms with E-state index in [1.807, 2.05) is 20.8 Å². The van der Waals surface area contributed by atoms with Crippen molar-refractivity contribution in [3.63, 3.8) is 0 Å². The summed E-state index contributed by atoms with van der Waals surface area (Å²) in [5.41, 5.74) is -1.74. The van der Waals surface area contributed by atoms with Crippen LogP contribution < -0.4 is 0 Å². The van der Waals surface area contributed by atoms with Gasteiger partial charge < -0.3 is 4.74 Å². The Labute approximate surface area is 114 Å². The molecule has 1 aromatic carbocycles. The van der Waals surface area contributed by atoms with Crippen LogP contribution in [0.2, 0.25) is 0 Å². The van der Waals surface area contributed by atoms with Crippen molar-refractivity contribution in [2.75, 3.05) is 6.61 Å². The van der Waals surface area contributed by atoms with E-state index >= 15 is 0 Å². The lowest BCUT2D eigenvalue weighted by atomic mass is 9.93. The van der Waals surface area contributed by atoms with E-state index in [1.165, 1.54) is 0 Å². The van der Waals surface area contributed by atoms with E-state index in [-0.39, 0.29) is 12.0 Å². The number of halogens is 2. The largest absolute Gasteiger partial charge is 0.462 e. The standard InChI is InChI=1S/C13H15F2NO4/c1-13(2,3)4-5-20-12(17)8-6-10(15)11(16(18)19)7-9(8)14/h6-7H,4-5H2,1-3H3. The number of rotatable bonds is 4. The van der Waals surface area contributed by atoms with Gasteiger partial charge in [0.15, 0.2) is 0 Å². The van der Waals surface area contributed by atoms with Crippen molar-refractivity contribution >= 4 is 11.7 Å². The van der Waals surface area contributed by atoms with E-state index in [0.29, 0.717) is 18.6 Å². The predicted octanol–water partition coefficient (Wildman–Crippen LogP) is 3.47. The number of carbonyl (C=O) groups excluding carboxylic acids is 1. The second-order valence-corrected chi connectivity index (χ2v) is 5.49. The Balaban J connectivity index is 2.84. The van der Waals surface area contributed by atoms with Crippen molar-refractivity contribution in [3.05, 3.63) is 39.4 Å². The van der Waals surface area contributed by atoms with Gasteiger partial charge in [-0.05, 0) is 17.9 Å². The summed E-state index contributed by atoms with van der Waals surface area (Å²) in [6, 6.07) is 0.850. The molecule has 0 N–H and O–H groups in total. The molecule has 0 aliphatic carbocycles. The maximum atomic E-state index is 13.5. The fourth-order valence-corrected chi connectivity index (χ4v) is 1.36. The minimum atomic E-state index is -1.28. The van der Waals surface area contributed by atoms with E-state index in [2.05, 4.69) is 0 Å². The van der Waals surface area contributed by atoms with Gasteiger partial charge in [0.25, 0.3) is 0 Å². The summed E-state index contributed by atoms with van der Waals surface area (Å²) in [6.07, 6.45) is 0.551. The number of hydrogen-bond donors (Lipinski definition) is 0.